The molecule has 1 aromatic heterocycles. The average Bonchev–Trinajstić information content (AvgIpc) is 3.17. The summed E-state index contributed by atoms with van der Waals surface area (Å²) in [5.74, 6) is -0.106. The minimum atomic E-state index is -0.307. The smallest absolute Gasteiger partial charge is 0.322 e. The molecule has 32 heavy (non-hydrogen) atoms. The van der Waals surface area contributed by atoms with Gasteiger partial charge in [0.2, 0.25) is 5.91 Å². The van der Waals surface area contributed by atoms with Crippen LogP contribution >= 0.6 is 15.9 Å². The van der Waals surface area contributed by atoms with E-state index >= 15 is 0 Å². The quantitative estimate of drug-likeness (QED) is 0.462. The number of aromatic nitrogens is 1. The van der Waals surface area contributed by atoms with Gasteiger partial charge in [0.1, 0.15) is 6.54 Å². The van der Waals surface area contributed by atoms with Crippen molar-refractivity contribution >= 4 is 33.6 Å². The van der Waals surface area contributed by atoms with E-state index in [1.54, 1.807) is 9.80 Å². The molecule has 7 heteroatoms. The standard InChI is InChI=1S/C25H29BrN4O2/c1-19(2)30(25(32)27-23-14-8-7-13-22(23)26)18-24(31)29(16-20-10-5-4-6-11-20)17-21-12-9-15-28(21)3/h4-15,19H,16-18H2,1-3H3,(H,27,32). The van der Waals surface area contributed by atoms with E-state index in [-0.39, 0.29) is 24.5 Å². The van der Waals surface area contributed by atoms with Crippen LogP contribution in [0.4, 0.5) is 10.5 Å². The third-order valence-electron chi connectivity index (χ3n) is 5.28. The van der Waals surface area contributed by atoms with Crippen LogP contribution < -0.4 is 5.32 Å². The summed E-state index contributed by atoms with van der Waals surface area (Å²) in [6.07, 6.45) is 1.96. The lowest BCUT2D eigenvalue weighted by molar-refractivity contribution is -0.133. The zero-order chi connectivity index (χ0) is 23.1. The van der Waals surface area contributed by atoms with Gasteiger partial charge in [-0.05, 0) is 59.6 Å². The number of urea groups is 1. The summed E-state index contributed by atoms with van der Waals surface area (Å²) in [5, 5.41) is 2.91. The molecule has 2 aromatic carbocycles. The van der Waals surface area contributed by atoms with Gasteiger partial charge in [-0.3, -0.25) is 4.79 Å². The van der Waals surface area contributed by atoms with E-state index < -0.39 is 0 Å². The molecule has 1 heterocycles. The van der Waals surface area contributed by atoms with Gasteiger partial charge < -0.3 is 19.7 Å². The SMILES string of the molecule is CC(C)N(CC(=O)N(Cc1ccccc1)Cc1cccn1C)C(=O)Nc1ccccc1Br. The molecule has 0 aliphatic heterocycles. The molecule has 0 radical (unpaired) electrons. The number of hydrogen-bond acceptors (Lipinski definition) is 2. The number of halogens is 1. The van der Waals surface area contributed by atoms with Crippen LogP contribution in [0.5, 0.6) is 0 Å². The van der Waals surface area contributed by atoms with Crippen molar-refractivity contribution in [2.45, 2.75) is 33.0 Å². The van der Waals surface area contributed by atoms with Crippen molar-refractivity contribution in [1.82, 2.24) is 14.4 Å². The van der Waals surface area contributed by atoms with Gasteiger partial charge in [-0.25, -0.2) is 4.79 Å². The molecule has 6 nitrogen and oxygen atoms in total. The molecule has 0 aliphatic rings. The second-order valence-electron chi connectivity index (χ2n) is 7.98. The number of benzene rings is 2. The highest BCUT2D eigenvalue weighted by Gasteiger charge is 2.24. The second-order valence-corrected chi connectivity index (χ2v) is 8.83. The Morgan fingerprint density at radius 3 is 2.28 bits per heavy atom. The van der Waals surface area contributed by atoms with Crippen molar-refractivity contribution in [1.29, 1.82) is 0 Å². The largest absolute Gasteiger partial charge is 0.353 e. The van der Waals surface area contributed by atoms with Crippen LogP contribution in [0.25, 0.3) is 0 Å². The van der Waals surface area contributed by atoms with Gasteiger partial charge in [-0.2, -0.15) is 0 Å². The minimum Gasteiger partial charge on any atom is -0.353 e. The van der Waals surface area contributed by atoms with Gasteiger partial charge >= 0.3 is 6.03 Å². The maximum absolute atomic E-state index is 13.4. The molecule has 3 rings (SSSR count). The highest BCUT2D eigenvalue weighted by Crippen LogP contribution is 2.22. The predicted octanol–water partition coefficient (Wildman–Crippen LogP) is 5.26. The van der Waals surface area contributed by atoms with Gasteiger partial charge in [0, 0.05) is 36.0 Å². The van der Waals surface area contributed by atoms with Crippen molar-refractivity contribution in [2.75, 3.05) is 11.9 Å². The Bertz CT molecular complexity index is 1050. The van der Waals surface area contributed by atoms with Crippen molar-refractivity contribution in [3.8, 4) is 0 Å². The lowest BCUT2D eigenvalue weighted by Crippen LogP contribution is -2.47. The van der Waals surface area contributed by atoms with Crippen molar-refractivity contribution < 1.29 is 9.59 Å². The predicted molar refractivity (Wildman–Crippen MR) is 131 cm³/mol. The first-order chi connectivity index (χ1) is 15.3. The topological polar surface area (TPSA) is 57.6 Å². The minimum absolute atomic E-state index is 0.00872. The lowest BCUT2D eigenvalue weighted by Gasteiger charge is -2.30. The van der Waals surface area contributed by atoms with Crippen LogP contribution in [-0.2, 0) is 24.9 Å². The Kier molecular flexibility index (Phi) is 8.11. The number of nitrogens with one attached hydrogen (secondary N) is 1. The summed E-state index contributed by atoms with van der Waals surface area (Å²) in [5.41, 5.74) is 2.74. The molecule has 0 unspecified atom stereocenters. The molecule has 0 aliphatic carbocycles. The Morgan fingerprint density at radius 1 is 0.969 bits per heavy atom. The van der Waals surface area contributed by atoms with Crippen LogP contribution in [0.1, 0.15) is 25.1 Å². The number of anilines is 1. The number of carbonyl (C=O) groups is 2. The Balaban J connectivity index is 1.77. The number of hydrogen-bond donors (Lipinski definition) is 1. The first kappa shape index (κ1) is 23.6. The van der Waals surface area contributed by atoms with Crippen molar-refractivity contribution in [3.63, 3.8) is 0 Å². The highest BCUT2D eigenvalue weighted by atomic mass is 79.9. The van der Waals surface area contributed by atoms with Gasteiger partial charge in [-0.1, -0.05) is 42.5 Å². The van der Waals surface area contributed by atoms with Gasteiger partial charge in [-0.15, -0.1) is 0 Å². The van der Waals surface area contributed by atoms with Crippen LogP contribution in [0, 0.1) is 0 Å². The molecule has 0 saturated carbocycles. The number of amides is 3. The van der Waals surface area contributed by atoms with E-state index in [1.165, 1.54) is 0 Å². The van der Waals surface area contributed by atoms with E-state index in [0.29, 0.717) is 18.8 Å². The van der Waals surface area contributed by atoms with Crippen LogP contribution in [0.2, 0.25) is 0 Å². The van der Waals surface area contributed by atoms with E-state index in [9.17, 15) is 9.59 Å². The fraction of sp³-hybridized carbons (Fsp3) is 0.280. The third kappa shape index (κ3) is 6.23. The zero-order valence-electron chi connectivity index (χ0n) is 18.7. The maximum atomic E-state index is 13.4. The number of nitrogens with zero attached hydrogens (tertiary/aromatic N) is 3. The summed E-state index contributed by atoms with van der Waals surface area (Å²) in [7, 11) is 1.96. The number of aryl methyl sites for hydroxylation is 1. The van der Waals surface area contributed by atoms with Gasteiger partial charge in [0.25, 0.3) is 0 Å². The number of rotatable bonds is 8. The van der Waals surface area contributed by atoms with Crippen molar-refractivity contribution in [2.24, 2.45) is 7.05 Å². The van der Waals surface area contributed by atoms with Crippen LogP contribution in [0.3, 0.4) is 0 Å². The first-order valence-corrected chi connectivity index (χ1v) is 11.4. The summed E-state index contributed by atoms with van der Waals surface area (Å²) < 4.78 is 2.79. The third-order valence-corrected chi connectivity index (χ3v) is 5.97. The number of para-hydroxylation sites is 1. The molecule has 0 fully saturated rings. The number of carbonyl (C=O) groups excluding carboxylic acids is 2. The van der Waals surface area contributed by atoms with Crippen LogP contribution in [0.15, 0.2) is 77.4 Å². The summed E-state index contributed by atoms with van der Waals surface area (Å²) in [6, 6.07) is 20.8. The Labute approximate surface area is 198 Å². The van der Waals surface area contributed by atoms with Gasteiger partial charge in [0.15, 0.2) is 0 Å². The normalized spacial score (nSPS) is 10.8. The second kappa shape index (κ2) is 11.0. The first-order valence-electron chi connectivity index (χ1n) is 10.6. The zero-order valence-corrected chi connectivity index (χ0v) is 20.2. The molecular formula is C25H29BrN4O2. The van der Waals surface area contributed by atoms with E-state index in [0.717, 1.165) is 15.7 Å². The van der Waals surface area contributed by atoms with Gasteiger partial charge in [0.05, 0.1) is 12.2 Å². The fourth-order valence-electron chi connectivity index (χ4n) is 3.38. The van der Waals surface area contributed by atoms with Crippen molar-refractivity contribution in [3.05, 3.63) is 88.7 Å². The lowest BCUT2D eigenvalue weighted by atomic mass is 10.2. The molecule has 3 aromatic rings. The molecule has 3 amide bonds. The molecule has 168 valence electrons. The molecule has 0 spiro atoms. The molecule has 0 saturated heterocycles. The van der Waals surface area contributed by atoms with E-state index in [2.05, 4.69) is 21.2 Å². The molecule has 0 atom stereocenters. The fourth-order valence-corrected chi connectivity index (χ4v) is 3.76. The molecule has 1 N–H and O–H groups in total. The highest BCUT2D eigenvalue weighted by molar-refractivity contribution is 9.10. The van der Waals surface area contributed by atoms with Crippen LogP contribution in [-0.4, -0.2) is 38.9 Å². The Hall–Kier alpha value is -3.06. The molecular weight excluding hydrogens is 468 g/mol. The Morgan fingerprint density at radius 2 is 1.66 bits per heavy atom. The summed E-state index contributed by atoms with van der Waals surface area (Å²) in [6.45, 7) is 4.75. The summed E-state index contributed by atoms with van der Waals surface area (Å²) >= 11 is 3.45. The van der Waals surface area contributed by atoms with E-state index in [4.69, 9.17) is 0 Å². The monoisotopic (exact) mass is 496 g/mol. The maximum Gasteiger partial charge on any atom is 0.322 e. The molecule has 0 bridgehead atoms. The summed E-state index contributed by atoms with van der Waals surface area (Å²) in [4.78, 5) is 29.8. The van der Waals surface area contributed by atoms with E-state index in [1.807, 2.05) is 98.4 Å². The average molecular weight is 497 g/mol.